The molecule has 3 nitrogen and oxygen atoms in total. The smallest absolute Gasteiger partial charge is 0.0766 e. The van der Waals surface area contributed by atoms with Crippen LogP contribution in [0.4, 0.5) is 0 Å². The molecule has 20 heavy (non-hydrogen) atoms. The third-order valence-corrected chi connectivity index (χ3v) is 4.16. The van der Waals surface area contributed by atoms with E-state index < -0.39 is 0 Å². The minimum atomic E-state index is 0.787. The summed E-state index contributed by atoms with van der Waals surface area (Å²) in [5.74, 6) is 0. The Labute approximate surface area is 122 Å². The number of aromatic nitrogens is 2. The van der Waals surface area contributed by atoms with E-state index >= 15 is 0 Å². The van der Waals surface area contributed by atoms with E-state index in [2.05, 4.69) is 46.3 Å². The number of benzene rings is 1. The summed E-state index contributed by atoms with van der Waals surface area (Å²) in [6.07, 6.45) is 2.00. The van der Waals surface area contributed by atoms with Crippen LogP contribution in [-0.2, 0) is 13.1 Å². The van der Waals surface area contributed by atoms with Crippen molar-refractivity contribution in [3.05, 3.63) is 70.2 Å². The molecule has 0 amide bonds. The molecule has 0 aliphatic carbocycles. The van der Waals surface area contributed by atoms with Crippen molar-refractivity contribution in [2.75, 3.05) is 0 Å². The maximum Gasteiger partial charge on any atom is 0.0766 e. The standard InChI is InChI=1S/C16H17N3S/c1-13-11-20-12-14(13)9-17-10-15-7-8-19(18-15)16-5-3-2-4-6-16/h2-8,11-12,17H,9-10H2,1H3. The van der Waals surface area contributed by atoms with Crippen molar-refractivity contribution in [3.8, 4) is 5.69 Å². The molecule has 102 valence electrons. The van der Waals surface area contributed by atoms with Gasteiger partial charge in [-0.2, -0.15) is 16.4 Å². The van der Waals surface area contributed by atoms with E-state index in [9.17, 15) is 0 Å². The Morgan fingerprint density at radius 2 is 1.95 bits per heavy atom. The number of para-hydroxylation sites is 1. The zero-order valence-corrected chi connectivity index (χ0v) is 12.2. The van der Waals surface area contributed by atoms with Crippen LogP contribution in [0.1, 0.15) is 16.8 Å². The van der Waals surface area contributed by atoms with Gasteiger partial charge in [0.15, 0.2) is 0 Å². The molecule has 0 fully saturated rings. The summed E-state index contributed by atoms with van der Waals surface area (Å²) >= 11 is 1.75. The predicted molar refractivity (Wildman–Crippen MR) is 83.2 cm³/mol. The Morgan fingerprint density at radius 3 is 2.70 bits per heavy atom. The highest BCUT2D eigenvalue weighted by Crippen LogP contribution is 2.13. The van der Waals surface area contributed by atoms with Crippen LogP contribution in [0.15, 0.2) is 53.4 Å². The molecular weight excluding hydrogens is 266 g/mol. The van der Waals surface area contributed by atoms with Crippen LogP contribution < -0.4 is 5.32 Å². The number of hydrogen-bond donors (Lipinski definition) is 1. The van der Waals surface area contributed by atoms with Gasteiger partial charge in [0.05, 0.1) is 11.4 Å². The fourth-order valence-corrected chi connectivity index (χ4v) is 2.93. The highest BCUT2D eigenvalue weighted by atomic mass is 32.1. The lowest BCUT2D eigenvalue weighted by Gasteiger charge is -2.03. The third-order valence-electron chi connectivity index (χ3n) is 3.25. The molecule has 0 spiro atoms. The van der Waals surface area contributed by atoms with Gasteiger partial charge in [-0.15, -0.1) is 0 Å². The molecule has 0 aliphatic heterocycles. The van der Waals surface area contributed by atoms with E-state index in [-0.39, 0.29) is 0 Å². The Hall–Kier alpha value is -1.91. The molecule has 2 heterocycles. The molecular formula is C16H17N3S. The van der Waals surface area contributed by atoms with Gasteiger partial charge in [0, 0.05) is 19.3 Å². The number of hydrogen-bond acceptors (Lipinski definition) is 3. The summed E-state index contributed by atoms with van der Waals surface area (Å²) in [4.78, 5) is 0. The fourth-order valence-electron chi connectivity index (χ4n) is 2.07. The van der Waals surface area contributed by atoms with E-state index in [0.29, 0.717) is 0 Å². The van der Waals surface area contributed by atoms with Crippen molar-refractivity contribution >= 4 is 11.3 Å². The molecule has 0 unspecified atom stereocenters. The third kappa shape index (κ3) is 2.98. The van der Waals surface area contributed by atoms with Crippen molar-refractivity contribution in [2.24, 2.45) is 0 Å². The topological polar surface area (TPSA) is 29.9 Å². The van der Waals surface area contributed by atoms with E-state index in [1.54, 1.807) is 11.3 Å². The normalized spacial score (nSPS) is 10.8. The van der Waals surface area contributed by atoms with Crippen molar-refractivity contribution in [3.63, 3.8) is 0 Å². The van der Waals surface area contributed by atoms with Gasteiger partial charge < -0.3 is 5.32 Å². The molecule has 0 aliphatic rings. The number of nitrogens with one attached hydrogen (secondary N) is 1. The molecule has 3 rings (SSSR count). The van der Waals surface area contributed by atoms with Gasteiger partial charge in [-0.1, -0.05) is 18.2 Å². The summed E-state index contributed by atoms with van der Waals surface area (Å²) in [5.41, 5.74) is 4.88. The van der Waals surface area contributed by atoms with Crippen molar-refractivity contribution in [2.45, 2.75) is 20.0 Å². The largest absolute Gasteiger partial charge is 0.307 e. The lowest BCUT2D eigenvalue weighted by Crippen LogP contribution is -2.13. The molecule has 1 aromatic carbocycles. The Morgan fingerprint density at radius 1 is 1.10 bits per heavy atom. The van der Waals surface area contributed by atoms with Crippen LogP contribution in [-0.4, -0.2) is 9.78 Å². The molecule has 0 radical (unpaired) electrons. The first-order chi connectivity index (χ1) is 9.83. The lowest BCUT2D eigenvalue weighted by molar-refractivity contribution is 0.669. The molecule has 1 N–H and O–H groups in total. The first-order valence-corrected chi connectivity index (χ1v) is 7.59. The van der Waals surface area contributed by atoms with E-state index in [1.807, 2.05) is 29.1 Å². The van der Waals surface area contributed by atoms with Crippen LogP contribution in [0.5, 0.6) is 0 Å². The SMILES string of the molecule is Cc1cscc1CNCc1ccn(-c2ccccc2)n1. The number of rotatable bonds is 5. The van der Waals surface area contributed by atoms with E-state index in [1.165, 1.54) is 11.1 Å². The molecule has 4 heteroatoms. The average molecular weight is 283 g/mol. The van der Waals surface area contributed by atoms with Gasteiger partial charge in [-0.25, -0.2) is 4.68 Å². The molecule has 0 saturated heterocycles. The molecule has 0 saturated carbocycles. The highest BCUT2D eigenvalue weighted by Gasteiger charge is 2.02. The summed E-state index contributed by atoms with van der Waals surface area (Å²) < 4.78 is 1.91. The van der Waals surface area contributed by atoms with E-state index in [0.717, 1.165) is 24.5 Å². The number of thiophene rings is 1. The molecule has 3 aromatic rings. The Balaban J connectivity index is 1.59. The summed E-state index contributed by atoms with van der Waals surface area (Å²) in [5, 5.41) is 12.4. The van der Waals surface area contributed by atoms with Gasteiger partial charge in [-0.3, -0.25) is 0 Å². The van der Waals surface area contributed by atoms with Gasteiger partial charge in [0.25, 0.3) is 0 Å². The highest BCUT2D eigenvalue weighted by molar-refractivity contribution is 7.08. The quantitative estimate of drug-likeness (QED) is 0.776. The van der Waals surface area contributed by atoms with Crippen LogP contribution in [0.25, 0.3) is 5.69 Å². The van der Waals surface area contributed by atoms with Crippen molar-refractivity contribution in [1.82, 2.24) is 15.1 Å². The Kier molecular flexibility index (Phi) is 3.95. The van der Waals surface area contributed by atoms with Crippen LogP contribution in [0.2, 0.25) is 0 Å². The van der Waals surface area contributed by atoms with Crippen LogP contribution >= 0.6 is 11.3 Å². The fraction of sp³-hybridized carbons (Fsp3) is 0.188. The van der Waals surface area contributed by atoms with Crippen molar-refractivity contribution in [1.29, 1.82) is 0 Å². The zero-order chi connectivity index (χ0) is 13.8. The minimum Gasteiger partial charge on any atom is -0.307 e. The second-order valence-electron chi connectivity index (χ2n) is 4.77. The predicted octanol–water partition coefficient (Wildman–Crippen LogP) is 3.53. The monoisotopic (exact) mass is 283 g/mol. The average Bonchev–Trinajstić information content (AvgIpc) is 3.10. The van der Waals surface area contributed by atoms with E-state index in [4.69, 9.17) is 0 Å². The maximum atomic E-state index is 4.58. The maximum absolute atomic E-state index is 4.58. The molecule has 2 aromatic heterocycles. The van der Waals surface area contributed by atoms with Crippen LogP contribution in [0.3, 0.4) is 0 Å². The Bertz CT molecular complexity index is 670. The van der Waals surface area contributed by atoms with Gasteiger partial charge >= 0.3 is 0 Å². The first kappa shape index (κ1) is 13.1. The summed E-state index contributed by atoms with van der Waals surface area (Å²) in [6.45, 7) is 3.83. The summed E-state index contributed by atoms with van der Waals surface area (Å²) in [7, 11) is 0. The first-order valence-electron chi connectivity index (χ1n) is 6.65. The minimum absolute atomic E-state index is 0.787. The number of nitrogens with zero attached hydrogens (tertiary/aromatic N) is 2. The zero-order valence-electron chi connectivity index (χ0n) is 11.4. The summed E-state index contributed by atoms with van der Waals surface area (Å²) in [6, 6.07) is 12.2. The number of aryl methyl sites for hydroxylation is 1. The molecule has 0 bridgehead atoms. The molecule has 0 atom stereocenters. The van der Waals surface area contributed by atoms with Gasteiger partial charge in [0.1, 0.15) is 0 Å². The lowest BCUT2D eigenvalue weighted by atomic mass is 10.2. The van der Waals surface area contributed by atoms with Gasteiger partial charge in [-0.05, 0) is 47.0 Å². The van der Waals surface area contributed by atoms with Crippen molar-refractivity contribution < 1.29 is 0 Å². The second kappa shape index (κ2) is 6.03. The second-order valence-corrected chi connectivity index (χ2v) is 5.51. The van der Waals surface area contributed by atoms with Crippen LogP contribution in [0, 0.1) is 6.92 Å². The van der Waals surface area contributed by atoms with Gasteiger partial charge in [0.2, 0.25) is 0 Å².